The number of hydrogen-bond donors (Lipinski definition) is 2. The Morgan fingerprint density at radius 1 is 1.47 bits per heavy atom. The van der Waals surface area contributed by atoms with Crippen LogP contribution in [0.2, 0.25) is 0 Å². The highest BCUT2D eigenvalue weighted by Gasteiger charge is 2.17. The zero-order chi connectivity index (χ0) is 12.8. The maximum atomic E-state index is 11.6. The first kappa shape index (κ1) is 13.7. The van der Waals surface area contributed by atoms with Crippen molar-refractivity contribution in [3.8, 4) is 0 Å². The number of nitrogens with zero attached hydrogens (tertiary/aromatic N) is 2. The maximum absolute atomic E-state index is 11.6. The van der Waals surface area contributed by atoms with Crippen LogP contribution in [0, 0.1) is 11.8 Å². The lowest BCUT2D eigenvalue weighted by Gasteiger charge is -2.18. The van der Waals surface area contributed by atoms with E-state index in [9.17, 15) is 4.79 Å². The fourth-order valence-electron chi connectivity index (χ4n) is 1.51. The molecule has 0 aliphatic carbocycles. The number of imidazole rings is 1. The van der Waals surface area contributed by atoms with Crippen LogP contribution in [0.1, 0.15) is 20.8 Å². The number of hydrogen-bond acceptors (Lipinski definition) is 3. The lowest BCUT2D eigenvalue weighted by molar-refractivity contribution is -0.123. The molecule has 5 nitrogen and oxygen atoms in total. The second kappa shape index (κ2) is 6.39. The molecule has 0 saturated carbocycles. The van der Waals surface area contributed by atoms with Crippen molar-refractivity contribution in [2.24, 2.45) is 17.6 Å². The van der Waals surface area contributed by atoms with Crippen molar-refractivity contribution in [2.75, 3.05) is 6.54 Å². The monoisotopic (exact) mass is 238 g/mol. The SMILES string of the molecule is CC(CNC(=O)[C@@H](N)C(C)C)Cn1ccnc1. The summed E-state index contributed by atoms with van der Waals surface area (Å²) >= 11 is 0. The number of nitrogens with one attached hydrogen (secondary N) is 1. The molecule has 0 fully saturated rings. The smallest absolute Gasteiger partial charge is 0.237 e. The molecule has 1 aromatic rings. The van der Waals surface area contributed by atoms with Gasteiger partial charge in [0.15, 0.2) is 0 Å². The van der Waals surface area contributed by atoms with Gasteiger partial charge in [-0.15, -0.1) is 0 Å². The molecule has 0 bridgehead atoms. The summed E-state index contributed by atoms with van der Waals surface area (Å²) in [5.41, 5.74) is 5.76. The molecule has 1 amide bonds. The van der Waals surface area contributed by atoms with E-state index >= 15 is 0 Å². The van der Waals surface area contributed by atoms with Crippen LogP contribution < -0.4 is 11.1 Å². The predicted molar refractivity (Wildman–Crippen MR) is 67.2 cm³/mol. The van der Waals surface area contributed by atoms with Crippen molar-refractivity contribution in [1.82, 2.24) is 14.9 Å². The third kappa shape index (κ3) is 4.56. The molecule has 1 rings (SSSR count). The minimum Gasteiger partial charge on any atom is -0.354 e. The van der Waals surface area contributed by atoms with Crippen LogP contribution in [0.5, 0.6) is 0 Å². The van der Waals surface area contributed by atoms with E-state index < -0.39 is 6.04 Å². The van der Waals surface area contributed by atoms with Crippen molar-refractivity contribution in [1.29, 1.82) is 0 Å². The lowest BCUT2D eigenvalue weighted by atomic mass is 10.0. The van der Waals surface area contributed by atoms with E-state index in [0.29, 0.717) is 12.5 Å². The highest BCUT2D eigenvalue weighted by molar-refractivity contribution is 5.81. The molecular weight excluding hydrogens is 216 g/mol. The van der Waals surface area contributed by atoms with Crippen molar-refractivity contribution in [3.63, 3.8) is 0 Å². The van der Waals surface area contributed by atoms with Gasteiger partial charge in [-0.2, -0.15) is 0 Å². The van der Waals surface area contributed by atoms with Crippen molar-refractivity contribution in [3.05, 3.63) is 18.7 Å². The van der Waals surface area contributed by atoms with Gasteiger partial charge in [-0.1, -0.05) is 20.8 Å². The fourth-order valence-corrected chi connectivity index (χ4v) is 1.51. The van der Waals surface area contributed by atoms with E-state index in [1.165, 1.54) is 0 Å². The third-order valence-electron chi connectivity index (χ3n) is 2.73. The number of nitrogens with two attached hydrogens (primary N) is 1. The van der Waals surface area contributed by atoms with Crippen LogP contribution in [0.4, 0.5) is 0 Å². The van der Waals surface area contributed by atoms with Crippen LogP contribution in [-0.2, 0) is 11.3 Å². The Hall–Kier alpha value is -1.36. The summed E-state index contributed by atoms with van der Waals surface area (Å²) < 4.78 is 2.00. The lowest BCUT2D eigenvalue weighted by Crippen LogP contribution is -2.45. The summed E-state index contributed by atoms with van der Waals surface area (Å²) in [4.78, 5) is 15.6. The van der Waals surface area contributed by atoms with Gasteiger partial charge in [0.2, 0.25) is 5.91 Å². The zero-order valence-corrected chi connectivity index (χ0v) is 10.8. The molecule has 5 heteroatoms. The van der Waals surface area contributed by atoms with E-state index in [1.54, 1.807) is 12.5 Å². The highest BCUT2D eigenvalue weighted by Crippen LogP contribution is 2.01. The van der Waals surface area contributed by atoms with Gasteiger partial charge in [0.25, 0.3) is 0 Å². The molecule has 96 valence electrons. The minimum atomic E-state index is -0.421. The predicted octanol–water partition coefficient (Wildman–Crippen LogP) is 0.619. The maximum Gasteiger partial charge on any atom is 0.237 e. The van der Waals surface area contributed by atoms with Gasteiger partial charge >= 0.3 is 0 Å². The van der Waals surface area contributed by atoms with Crippen molar-refractivity contribution < 1.29 is 4.79 Å². The first-order valence-electron chi connectivity index (χ1n) is 5.99. The second-order valence-corrected chi connectivity index (χ2v) is 4.88. The number of amides is 1. The molecule has 0 saturated heterocycles. The number of carbonyl (C=O) groups excluding carboxylic acids is 1. The summed E-state index contributed by atoms with van der Waals surface area (Å²) in [6.07, 6.45) is 5.44. The van der Waals surface area contributed by atoms with Crippen molar-refractivity contribution in [2.45, 2.75) is 33.4 Å². The Morgan fingerprint density at radius 2 is 2.18 bits per heavy atom. The van der Waals surface area contributed by atoms with Crippen LogP contribution >= 0.6 is 0 Å². The minimum absolute atomic E-state index is 0.0718. The topological polar surface area (TPSA) is 72.9 Å². The molecule has 17 heavy (non-hydrogen) atoms. The summed E-state index contributed by atoms with van der Waals surface area (Å²) in [6.45, 7) is 7.45. The van der Waals surface area contributed by atoms with E-state index in [4.69, 9.17) is 5.73 Å². The van der Waals surface area contributed by atoms with Gasteiger partial charge in [0, 0.05) is 25.5 Å². The fraction of sp³-hybridized carbons (Fsp3) is 0.667. The molecule has 1 unspecified atom stereocenters. The zero-order valence-electron chi connectivity index (χ0n) is 10.8. The second-order valence-electron chi connectivity index (χ2n) is 4.88. The summed E-state index contributed by atoms with van der Waals surface area (Å²) in [6, 6.07) is -0.421. The Balaban J connectivity index is 2.28. The largest absolute Gasteiger partial charge is 0.354 e. The molecule has 0 radical (unpaired) electrons. The summed E-state index contributed by atoms with van der Waals surface area (Å²) in [7, 11) is 0. The normalized spacial score (nSPS) is 14.6. The van der Waals surface area contributed by atoms with Gasteiger partial charge in [-0.25, -0.2) is 4.98 Å². The number of rotatable bonds is 6. The molecule has 0 spiro atoms. The average molecular weight is 238 g/mol. The molecule has 1 aromatic heterocycles. The molecule has 0 aliphatic heterocycles. The Labute approximate surface area is 102 Å². The summed E-state index contributed by atoms with van der Waals surface area (Å²) in [5.74, 6) is 0.448. The van der Waals surface area contributed by atoms with Gasteiger partial charge in [-0.05, 0) is 11.8 Å². The van der Waals surface area contributed by atoms with E-state index in [1.807, 2.05) is 24.6 Å². The molecule has 0 aliphatic rings. The average Bonchev–Trinajstić information content (AvgIpc) is 2.77. The Morgan fingerprint density at radius 3 is 2.71 bits per heavy atom. The molecular formula is C12H22N4O. The quantitative estimate of drug-likeness (QED) is 0.763. The van der Waals surface area contributed by atoms with Crippen LogP contribution in [0.3, 0.4) is 0 Å². The van der Waals surface area contributed by atoms with E-state index in [2.05, 4.69) is 17.2 Å². The first-order valence-corrected chi connectivity index (χ1v) is 5.99. The van der Waals surface area contributed by atoms with Crippen LogP contribution in [0.15, 0.2) is 18.7 Å². The van der Waals surface area contributed by atoms with E-state index in [0.717, 1.165) is 6.54 Å². The van der Waals surface area contributed by atoms with Crippen LogP contribution in [0.25, 0.3) is 0 Å². The van der Waals surface area contributed by atoms with E-state index in [-0.39, 0.29) is 11.8 Å². The van der Waals surface area contributed by atoms with Crippen LogP contribution in [-0.4, -0.2) is 28.0 Å². The van der Waals surface area contributed by atoms with Gasteiger partial charge in [-0.3, -0.25) is 4.79 Å². The standard InChI is InChI=1S/C12H22N4O/c1-9(2)11(13)12(17)15-6-10(3)7-16-5-4-14-8-16/h4-5,8-11H,6-7,13H2,1-3H3,(H,15,17)/t10?,11-/m0/s1. The van der Waals surface area contributed by atoms with Crippen molar-refractivity contribution >= 4 is 5.91 Å². The first-order chi connectivity index (χ1) is 8.00. The number of aromatic nitrogens is 2. The highest BCUT2D eigenvalue weighted by atomic mass is 16.2. The molecule has 0 aromatic carbocycles. The van der Waals surface area contributed by atoms with Gasteiger partial charge in [0.1, 0.15) is 0 Å². The van der Waals surface area contributed by atoms with Gasteiger partial charge in [0.05, 0.1) is 12.4 Å². The molecule has 3 N–H and O–H groups in total. The molecule has 1 heterocycles. The Kier molecular flexibility index (Phi) is 5.15. The van der Waals surface area contributed by atoms with Gasteiger partial charge < -0.3 is 15.6 Å². The summed E-state index contributed by atoms with van der Waals surface area (Å²) in [5, 5.41) is 2.88. The molecule has 2 atom stereocenters. The number of carbonyl (C=O) groups is 1. The Bertz CT molecular complexity index is 334. The third-order valence-corrected chi connectivity index (χ3v) is 2.73.